The smallest absolute Gasteiger partial charge is 0.0964 e. The SMILES string of the molecule is CC(C)NCc1cn(CCOCCN2CCCC2)nn1. The first-order chi connectivity index (χ1) is 9.74. The summed E-state index contributed by atoms with van der Waals surface area (Å²) in [4.78, 5) is 2.46. The number of hydrogen-bond donors (Lipinski definition) is 1. The molecule has 0 aliphatic carbocycles. The second kappa shape index (κ2) is 8.34. The number of rotatable bonds is 9. The average molecular weight is 281 g/mol. The van der Waals surface area contributed by atoms with Crippen LogP contribution in [-0.2, 0) is 17.8 Å². The van der Waals surface area contributed by atoms with Crippen LogP contribution in [0.5, 0.6) is 0 Å². The van der Waals surface area contributed by atoms with E-state index < -0.39 is 0 Å². The maximum absolute atomic E-state index is 5.66. The van der Waals surface area contributed by atoms with Crippen molar-refractivity contribution in [2.45, 2.75) is 45.8 Å². The van der Waals surface area contributed by atoms with E-state index in [2.05, 4.69) is 34.4 Å². The van der Waals surface area contributed by atoms with Crippen molar-refractivity contribution >= 4 is 0 Å². The number of hydrogen-bond acceptors (Lipinski definition) is 5. The molecule has 6 nitrogen and oxygen atoms in total. The van der Waals surface area contributed by atoms with Crippen LogP contribution >= 0.6 is 0 Å². The minimum absolute atomic E-state index is 0.467. The number of ether oxygens (including phenoxy) is 1. The molecule has 0 aromatic carbocycles. The quantitative estimate of drug-likeness (QED) is 0.681. The molecule has 0 amide bonds. The molecule has 1 saturated heterocycles. The van der Waals surface area contributed by atoms with Gasteiger partial charge in [0.25, 0.3) is 0 Å². The predicted molar refractivity (Wildman–Crippen MR) is 78.5 cm³/mol. The second-order valence-electron chi connectivity index (χ2n) is 5.67. The van der Waals surface area contributed by atoms with Gasteiger partial charge in [-0.25, -0.2) is 4.68 Å². The van der Waals surface area contributed by atoms with Gasteiger partial charge in [-0.1, -0.05) is 19.1 Å². The summed E-state index contributed by atoms with van der Waals surface area (Å²) >= 11 is 0. The molecular formula is C14H27N5O. The van der Waals surface area contributed by atoms with E-state index in [0.717, 1.165) is 31.9 Å². The summed E-state index contributed by atoms with van der Waals surface area (Å²) in [6, 6.07) is 0.467. The third kappa shape index (κ3) is 5.56. The predicted octanol–water partition coefficient (Wildman–Crippen LogP) is 0.889. The molecule has 1 aliphatic heterocycles. The highest BCUT2D eigenvalue weighted by Gasteiger charge is 2.10. The highest BCUT2D eigenvalue weighted by atomic mass is 16.5. The number of nitrogens with zero attached hydrogens (tertiary/aromatic N) is 4. The topological polar surface area (TPSA) is 55.2 Å². The van der Waals surface area contributed by atoms with Gasteiger partial charge in [-0.15, -0.1) is 5.10 Å². The molecule has 0 unspecified atom stereocenters. The summed E-state index contributed by atoms with van der Waals surface area (Å²) in [6.45, 7) is 10.8. The Balaban J connectivity index is 1.54. The van der Waals surface area contributed by atoms with Crippen LogP contribution in [0.3, 0.4) is 0 Å². The molecular weight excluding hydrogens is 254 g/mol. The molecule has 1 aromatic heterocycles. The van der Waals surface area contributed by atoms with Crippen molar-refractivity contribution in [1.29, 1.82) is 0 Å². The zero-order chi connectivity index (χ0) is 14.2. The Bertz CT molecular complexity index is 373. The largest absolute Gasteiger partial charge is 0.378 e. The first kappa shape index (κ1) is 15.4. The van der Waals surface area contributed by atoms with E-state index in [9.17, 15) is 0 Å². The zero-order valence-corrected chi connectivity index (χ0v) is 12.7. The number of likely N-dealkylation sites (tertiary alicyclic amines) is 1. The maximum Gasteiger partial charge on any atom is 0.0964 e. The van der Waals surface area contributed by atoms with Crippen LogP contribution in [0.25, 0.3) is 0 Å². The number of aromatic nitrogens is 3. The lowest BCUT2D eigenvalue weighted by Crippen LogP contribution is -2.24. The number of nitrogens with one attached hydrogen (secondary N) is 1. The summed E-state index contributed by atoms with van der Waals surface area (Å²) in [5.74, 6) is 0. The fraction of sp³-hybridized carbons (Fsp3) is 0.857. The Morgan fingerprint density at radius 1 is 1.25 bits per heavy atom. The summed E-state index contributed by atoms with van der Waals surface area (Å²) in [5.41, 5.74) is 0.982. The van der Waals surface area contributed by atoms with Gasteiger partial charge in [-0.2, -0.15) is 0 Å². The summed E-state index contributed by atoms with van der Waals surface area (Å²) in [7, 11) is 0. The standard InChI is InChI=1S/C14H27N5O/c1-13(2)15-11-14-12-19(17-16-14)8-10-20-9-7-18-5-3-4-6-18/h12-13,15H,3-11H2,1-2H3. The van der Waals surface area contributed by atoms with E-state index in [1.807, 2.05) is 10.9 Å². The van der Waals surface area contributed by atoms with Gasteiger partial charge in [0.1, 0.15) is 0 Å². The van der Waals surface area contributed by atoms with Crippen LogP contribution in [0.15, 0.2) is 6.20 Å². The van der Waals surface area contributed by atoms with Crippen molar-refractivity contribution in [3.8, 4) is 0 Å². The van der Waals surface area contributed by atoms with Gasteiger partial charge in [0.15, 0.2) is 0 Å². The molecule has 0 saturated carbocycles. The summed E-state index contributed by atoms with van der Waals surface area (Å²) < 4.78 is 7.52. The highest BCUT2D eigenvalue weighted by molar-refractivity contribution is 4.91. The van der Waals surface area contributed by atoms with Crippen LogP contribution in [0.1, 0.15) is 32.4 Å². The van der Waals surface area contributed by atoms with E-state index in [1.165, 1.54) is 25.9 Å². The van der Waals surface area contributed by atoms with Crippen LogP contribution in [0, 0.1) is 0 Å². The van der Waals surface area contributed by atoms with E-state index in [0.29, 0.717) is 12.6 Å². The lowest BCUT2D eigenvalue weighted by Gasteiger charge is -2.14. The van der Waals surface area contributed by atoms with Crippen molar-refractivity contribution in [3.63, 3.8) is 0 Å². The Hall–Kier alpha value is -0.980. The van der Waals surface area contributed by atoms with Gasteiger partial charge in [0, 0.05) is 25.3 Å². The van der Waals surface area contributed by atoms with Gasteiger partial charge >= 0.3 is 0 Å². The molecule has 0 atom stereocenters. The molecule has 114 valence electrons. The Morgan fingerprint density at radius 3 is 2.75 bits per heavy atom. The Labute approximate surface area is 121 Å². The van der Waals surface area contributed by atoms with Crippen molar-refractivity contribution in [2.75, 3.05) is 32.8 Å². The van der Waals surface area contributed by atoms with Gasteiger partial charge < -0.3 is 15.0 Å². The minimum atomic E-state index is 0.467. The molecule has 0 radical (unpaired) electrons. The van der Waals surface area contributed by atoms with Crippen molar-refractivity contribution in [1.82, 2.24) is 25.2 Å². The lowest BCUT2D eigenvalue weighted by atomic mass is 10.3. The Kier molecular flexibility index (Phi) is 6.42. The molecule has 1 aliphatic rings. The molecule has 0 bridgehead atoms. The third-order valence-electron chi connectivity index (χ3n) is 3.49. The molecule has 1 N–H and O–H groups in total. The summed E-state index contributed by atoms with van der Waals surface area (Å²) in [6.07, 6.45) is 4.66. The monoisotopic (exact) mass is 281 g/mol. The normalized spacial score (nSPS) is 16.4. The van der Waals surface area contributed by atoms with E-state index >= 15 is 0 Å². The van der Waals surface area contributed by atoms with Crippen molar-refractivity contribution in [2.24, 2.45) is 0 Å². The van der Waals surface area contributed by atoms with Crippen LogP contribution in [0.4, 0.5) is 0 Å². The van der Waals surface area contributed by atoms with Crippen LogP contribution in [-0.4, -0.2) is 58.8 Å². The molecule has 2 rings (SSSR count). The summed E-state index contributed by atoms with van der Waals surface area (Å²) in [5, 5.41) is 11.6. The third-order valence-corrected chi connectivity index (χ3v) is 3.49. The van der Waals surface area contributed by atoms with Gasteiger partial charge in [-0.3, -0.25) is 0 Å². The van der Waals surface area contributed by atoms with Gasteiger partial charge in [0.2, 0.25) is 0 Å². The van der Waals surface area contributed by atoms with Gasteiger partial charge in [0.05, 0.1) is 25.5 Å². The average Bonchev–Trinajstić information content (AvgIpc) is 3.07. The van der Waals surface area contributed by atoms with Crippen LogP contribution < -0.4 is 5.32 Å². The fourth-order valence-corrected chi connectivity index (χ4v) is 2.30. The molecule has 1 aromatic rings. The van der Waals surface area contributed by atoms with E-state index in [-0.39, 0.29) is 0 Å². The molecule has 1 fully saturated rings. The molecule has 0 spiro atoms. The lowest BCUT2D eigenvalue weighted by molar-refractivity contribution is 0.102. The van der Waals surface area contributed by atoms with Crippen molar-refractivity contribution in [3.05, 3.63) is 11.9 Å². The fourth-order valence-electron chi connectivity index (χ4n) is 2.30. The maximum atomic E-state index is 5.66. The first-order valence-corrected chi connectivity index (χ1v) is 7.66. The van der Waals surface area contributed by atoms with Crippen LogP contribution in [0.2, 0.25) is 0 Å². The van der Waals surface area contributed by atoms with E-state index in [1.54, 1.807) is 0 Å². The highest BCUT2D eigenvalue weighted by Crippen LogP contribution is 2.05. The molecule has 6 heteroatoms. The van der Waals surface area contributed by atoms with Crippen molar-refractivity contribution < 1.29 is 4.74 Å². The van der Waals surface area contributed by atoms with E-state index in [4.69, 9.17) is 4.74 Å². The molecule has 20 heavy (non-hydrogen) atoms. The Morgan fingerprint density at radius 2 is 2.00 bits per heavy atom. The minimum Gasteiger partial charge on any atom is -0.378 e. The molecule has 2 heterocycles. The first-order valence-electron chi connectivity index (χ1n) is 7.66. The zero-order valence-electron chi connectivity index (χ0n) is 12.7. The second-order valence-corrected chi connectivity index (χ2v) is 5.67. The van der Waals surface area contributed by atoms with Gasteiger partial charge in [-0.05, 0) is 25.9 Å².